The molecule has 0 saturated carbocycles. The van der Waals surface area contributed by atoms with Crippen molar-refractivity contribution in [2.45, 2.75) is 4.90 Å². The molecule has 0 unspecified atom stereocenters. The highest BCUT2D eigenvalue weighted by Crippen LogP contribution is 2.36. The molecule has 0 saturated heterocycles. The van der Waals surface area contributed by atoms with Crippen molar-refractivity contribution in [3.8, 4) is 0 Å². The molecule has 0 bridgehead atoms. The highest BCUT2D eigenvalue weighted by atomic mass is 32.2. The van der Waals surface area contributed by atoms with E-state index in [2.05, 4.69) is 15.0 Å². The number of imide groups is 1. The fourth-order valence-corrected chi connectivity index (χ4v) is 6.22. The summed E-state index contributed by atoms with van der Waals surface area (Å²) in [5.74, 6) is -1.26. The summed E-state index contributed by atoms with van der Waals surface area (Å²) < 4.78 is 27.1. The van der Waals surface area contributed by atoms with Crippen LogP contribution in [0.5, 0.6) is 0 Å². The van der Waals surface area contributed by atoms with E-state index in [0.717, 1.165) is 16.2 Å². The van der Waals surface area contributed by atoms with Gasteiger partial charge in [0.1, 0.15) is 0 Å². The summed E-state index contributed by atoms with van der Waals surface area (Å²) in [5, 5.41) is 4.22. The van der Waals surface area contributed by atoms with E-state index in [9.17, 15) is 22.8 Å². The Morgan fingerprint density at radius 2 is 1.53 bits per heavy atom. The minimum absolute atomic E-state index is 0.101. The number of thiazole rings is 1. The topological polar surface area (TPSA) is 126 Å². The molecule has 0 spiro atoms. The summed E-state index contributed by atoms with van der Waals surface area (Å²) >= 11 is 1.15. The van der Waals surface area contributed by atoms with Crippen LogP contribution in [0, 0.1) is 0 Å². The van der Waals surface area contributed by atoms with Gasteiger partial charge in [0.15, 0.2) is 5.13 Å². The normalized spacial score (nSPS) is 13.3. The number of carbonyl (C=O) groups excluding carboxylic acids is 3. The van der Waals surface area contributed by atoms with Crippen LogP contribution in [0.25, 0.3) is 21.0 Å². The molecular formula is C27H18N4O5S2. The molecule has 1 aliphatic rings. The zero-order chi connectivity index (χ0) is 26.6. The number of benzene rings is 4. The first-order chi connectivity index (χ1) is 18.3. The molecule has 0 radical (unpaired) electrons. The van der Waals surface area contributed by atoms with Crippen LogP contribution < -0.4 is 14.9 Å². The largest absolute Gasteiger partial charge is 0.298 e. The average Bonchev–Trinajstić information content (AvgIpc) is 3.45. The second kappa shape index (κ2) is 8.84. The molecule has 1 aliphatic heterocycles. The molecule has 9 nitrogen and oxygen atoms in total. The number of anilines is 2. The number of fused-ring (bicyclic) bond motifs is 3. The zero-order valence-corrected chi connectivity index (χ0v) is 21.4. The minimum atomic E-state index is -3.62. The Balaban J connectivity index is 1.36. The highest BCUT2D eigenvalue weighted by molar-refractivity contribution is 7.89. The zero-order valence-electron chi connectivity index (χ0n) is 19.8. The quantitative estimate of drug-likeness (QED) is 0.317. The number of carbonyl (C=O) groups is 3. The van der Waals surface area contributed by atoms with Gasteiger partial charge in [0.2, 0.25) is 10.0 Å². The maximum atomic E-state index is 13.3. The van der Waals surface area contributed by atoms with E-state index in [-0.39, 0.29) is 4.90 Å². The summed E-state index contributed by atoms with van der Waals surface area (Å²) in [4.78, 5) is 45.1. The van der Waals surface area contributed by atoms with E-state index in [1.54, 1.807) is 66.7 Å². The lowest BCUT2D eigenvalue weighted by atomic mass is 10.0. The van der Waals surface area contributed by atoms with Crippen LogP contribution >= 0.6 is 11.3 Å². The summed E-state index contributed by atoms with van der Waals surface area (Å²) in [7, 11) is -2.28. The Kier molecular flexibility index (Phi) is 5.56. The molecule has 38 heavy (non-hydrogen) atoms. The van der Waals surface area contributed by atoms with E-state index in [0.29, 0.717) is 48.5 Å². The van der Waals surface area contributed by atoms with Crippen LogP contribution in [0.2, 0.25) is 0 Å². The lowest BCUT2D eigenvalue weighted by Gasteiger charge is -2.18. The second-order valence-corrected chi connectivity index (χ2v) is 11.4. The molecule has 0 atom stereocenters. The number of amides is 3. The minimum Gasteiger partial charge on any atom is -0.298 e. The van der Waals surface area contributed by atoms with Crippen molar-refractivity contribution in [2.24, 2.45) is 0 Å². The standard InChI is InChI=1S/C27H18N4O5S2/c1-28-38(35,36)15-10-12-21-23(14-15)37-27(29-21)30-24(32)18-11-13-22(17-7-3-2-6-16(17)18)31-25(33)19-8-4-5-9-20(19)26(31)34/h2-14,28H,1H3,(H,29,30,32). The molecule has 3 amide bonds. The molecule has 188 valence electrons. The van der Waals surface area contributed by atoms with Gasteiger partial charge in [0, 0.05) is 10.9 Å². The molecule has 11 heteroatoms. The first-order valence-corrected chi connectivity index (χ1v) is 13.7. The fourth-order valence-electron chi connectivity index (χ4n) is 4.49. The maximum absolute atomic E-state index is 13.3. The monoisotopic (exact) mass is 542 g/mol. The Labute approximate surface area is 220 Å². The van der Waals surface area contributed by atoms with Crippen LogP contribution in [0.4, 0.5) is 10.8 Å². The van der Waals surface area contributed by atoms with Crippen LogP contribution in [-0.2, 0) is 10.0 Å². The molecule has 1 aromatic heterocycles. The Hall–Kier alpha value is -4.45. The second-order valence-electron chi connectivity index (χ2n) is 8.48. The Morgan fingerprint density at radius 3 is 2.21 bits per heavy atom. The highest BCUT2D eigenvalue weighted by Gasteiger charge is 2.37. The molecule has 5 aromatic rings. The van der Waals surface area contributed by atoms with Gasteiger partial charge >= 0.3 is 0 Å². The van der Waals surface area contributed by atoms with E-state index in [1.165, 1.54) is 19.2 Å². The van der Waals surface area contributed by atoms with E-state index in [4.69, 9.17) is 0 Å². The van der Waals surface area contributed by atoms with Crippen LogP contribution in [0.3, 0.4) is 0 Å². The summed E-state index contributed by atoms with van der Waals surface area (Å²) in [6.45, 7) is 0. The SMILES string of the molecule is CNS(=O)(=O)c1ccc2nc(NC(=O)c3ccc(N4C(=O)c5ccccc5C4=O)c4ccccc34)sc2c1. The summed E-state index contributed by atoms with van der Waals surface area (Å²) in [6, 6.07) is 21.4. The molecular weight excluding hydrogens is 524 g/mol. The first kappa shape index (κ1) is 23.9. The van der Waals surface area contributed by atoms with Crippen molar-refractivity contribution in [3.63, 3.8) is 0 Å². The van der Waals surface area contributed by atoms with Gasteiger partial charge in [-0.15, -0.1) is 0 Å². The third kappa shape index (κ3) is 3.76. The van der Waals surface area contributed by atoms with Gasteiger partial charge in [-0.3, -0.25) is 19.7 Å². The molecule has 0 aliphatic carbocycles. The van der Waals surface area contributed by atoms with Gasteiger partial charge in [-0.1, -0.05) is 47.7 Å². The van der Waals surface area contributed by atoms with Crippen molar-refractivity contribution in [3.05, 3.63) is 95.6 Å². The smallest absolute Gasteiger partial charge is 0.266 e. The predicted octanol–water partition coefficient (Wildman–Crippen LogP) is 4.41. The summed E-state index contributed by atoms with van der Waals surface area (Å²) in [6.07, 6.45) is 0. The lowest BCUT2D eigenvalue weighted by Crippen LogP contribution is -2.29. The van der Waals surface area contributed by atoms with Gasteiger partial charge < -0.3 is 0 Å². The number of aromatic nitrogens is 1. The maximum Gasteiger partial charge on any atom is 0.266 e. The van der Waals surface area contributed by atoms with Crippen molar-refractivity contribution < 1.29 is 22.8 Å². The number of hydrogen-bond donors (Lipinski definition) is 2. The third-order valence-corrected chi connectivity index (χ3v) is 8.69. The van der Waals surface area contributed by atoms with Crippen LogP contribution in [0.15, 0.2) is 83.8 Å². The molecule has 2 heterocycles. The van der Waals surface area contributed by atoms with Crippen LogP contribution in [-0.4, -0.2) is 38.2 Å². The number of rotatable bonds is 5. The fraction of sp³-hybridized carbons (Fsp3) is 0.0370. The van der Waals surface area contributed by atoms with Gasteiger partial charge in [0.05, 0.1) is 31.9 Å². The molecule has 2 N–H and O–H groups in total. The van der Waals surface area contributed by atoms with Gasteiger partial charge in [-0.2, -0.15) is 0 Å². The Bertz CT molecular complexity index is 1900. The van der Waals surface area contributed by atoms with Gasteiger partial charge in [-0.25, -0.2) is 23.0 Å². The van der Waals surface area contributed by atoms with Crippen molar-refractivity contribution in [1.29, 1.82) is 0 Å². The van der Waals surface area contributed by atoms with Crippen LogP contribution in [0.1, 0.15) is 31.1 Å². The lowest BCUT2D eigenvalue weighted by molar-refractivity contribution is 0.0925. The van der Waals surface area contributed by atoms with Gasteiger partial charge in [-0.05, 0) is 54.9 Å². The van der Waals surface area contributed by atoms with E-state index >= 15 is 0 Å². The third-order valence-electron chi connectivity index (χ3n) is 6.34. The van der Waals surface area contributed by atoms with E-state index < -0.39 is 27.7 Å². The first-order valence-electron chi connectivity index (χ1n) is 11.4. The molecule has 4 aromatic carbocycles. The van der Waals surface area contributed by atoms with Crippen molar-refractivity contribution >= 4 is 70.9 Å². The number of hydrogen-bond acceptors (Lipinski definition) is 7. The number of sulfonamides is 1. The van der Waals surface area contributed by atoms with Gasteiger partial charge in [0.25, 0.3) is 17.7 Å². The average molecular weight is 543 g/mol. The van der Waals surface area contributed by atoms with Crippen molar-refractivity contribution in [2.75, 3.05) is 17.3 Å². The summed E-state index contributed by atoms with van der Waals surface area (Å²) in [5.41, 5.74) is 1.95. The Morgan fingerprint density at radius 1 is 0.868 bits per heavy atom. The molecule has 6 rings (SSSR count). The van der Waals surface area contributed by atoms with Crippen molar-refractivity contribution in [1.82, 2.24) is 9.71 Å². The number of nitrogens with one attached hydrogen (secondary N) is 2. The van der Waals surface area contributed by atoms with E-state index in [1.807, 2.05) is 0 Å². The predicted molar refractivity (Wildman–Crippen MR) is 145 cm³/mol. The molecule has 0 fully saturated rings. The number of nitrogens with zero attached hydrogens (tertiary/aromatic N) is 2.